The van der Waals surface area contributed by atoms with Gasteiger partial charge in [-0.15, -0.1) is 0 Å². The molecule has 0 heterocycles. The molecule has 0 saturated heterocycles. The Labute approximate surface area is 115 Å². The molecule has 0 bridgehead atoms. The lowest BCUT2D eigenvalue weighted by Crippen LogP contribution is -2.11. The van der Waals surface area contributed by atoms with Gasteiger partial charge in [-0.05, 0) is 47.8 Å². The van der Waals surface area contributed by atoms with Gasteiger partial charge in [0.1, 0.15) is 0 Å². The highest BCUT2D eigenvalue weighted by Gasteiger charge is 2.09. The van der Waals surface area contributed by atoms with Crippen LogP contribution in [0.15, 0.2) is 18.2 Å². The summed E-state index contributed by atoms with van der Waals surface area (Å²) in [6.07, 6.45) is 7.81. The molecule has 0 amide bonds. The fourth-order valence-corrected chi connectivity index (χ4v) is 3.61. The minimum atomic E-state index is 0.784. The van der Waals surface area contributed by atoms with E-state index in [4.69, 9.17) is 0 Å². The van der Waals surface area contributed by atoms with Gasteiger partial charge in [-0.1, -0.05) is 67.3 Å². The second kappa shape index (κ2) is 8.70. The van der Waals surface area contributed by atoms with E-state index in [1.54, 1.807) is 16.4 Å². The van der Waals surface area contributed by atoms with E-state index in [0.29, 0.717) is 0 Å². The zero-order valence-electron chi connectivity index (χ0n) is 12.6. The number of benzene rings is 1. The highest BCUT2D eigenvalue weighted by atomic mass is 31.1. The van der Waals surface area contributed by atoms with Gasteiger partial charge in [0, 0.05) is 0 Å². The lowest BCUT2D eigenvalue weighted by atomic mass is 9.98. The molecule has 18 heavy (non-hydrogen) atoms. The maximum atomic E-state index is 2.36. The monoisotopic (exact) mass is 264 g/mol. The summed E-state index contributed by atoms with van der Waals surface area (Å²) in [6.45, 7) is 9.24. The summed E-state index contributed by atoms with van der Waals surface area (Å²) in [5.41, 5.74) is 4.09. The van der Waals surface area contributed by atoms with E-state index >= 15 is 0 Å². The van der Waals surface area contributed by atoms with Gasteiger partial charge in [-0.3, -0.25) is 0 Å². The molecule has 1 aromatic carbocycles. The predicted octanol–water partition coefficient (Wildman–Crippen LogP) is 5.08. The highest BCUT2D eigenvalue weighted by Crippen LogP contribution is 2.24. The summed E-state index contributed by atoms with van der Waals surface area (Å²) in [5, 5.41) is 1.63. The van der Waals surface area contributed by atoms with Crippen molar-refractivity contribution in [3.05, 3.63) is 29.3 Å². The van der Waals surface area contributed by atoms with Crippen molar-refractivity contribution < 1.29 is 0 Å². The summed E-state index contributed by atoms with van der Waals surface area (Å²) in [5.74, 6) is 0. The first-order valence-corrected chi connectivity index (χ1v) is 8.64. The second-order valence-corrected chi connectivity index (χ2v) is 7.43. The standard InChI is InChI=1S/C17H29P/c1-5-7-10-15-11-9-13-17(18-14(3)4)16(15)12-8-6-2/h9,11,13-14,18H,5-8,10,12H2,1-4H3. The Morgan fingerprint density at radius 1 is 1.00 bits per heavy atom. The molecule has 0 aliphatic carbocycles. The molecule has 0 aliphatic rings. The smallest absolute Gasteiger partial charge is 0.0234 e. The Balaban J connectivity index is 2.92. The van der Waals surface area contributed by atoms with E-state index in [-0.39, 0.29) is 0 Å². The third-order valence-corrected chi connectivity index (χ3v) is 4.65. The lowest BCUT2D eigenvalue weighted by Gasteiger charge is -2.16. The number of hydrogen-bond donors (Lipinski definition) is 0. The summed E-state index contributed by atoms with van der Waals surface area (Å²) in [4.78, 5) is 0. The van der Waals surface area contributed by atoms with Gasteiger partial charge < -0.3 is 0 Å². The molecule has 1 aromatic rings. The fraction of sp³-hybridized carbons (Fsp3) is 0.647. The number of hydrogen-bond acceptors (Lipinski definition) is 0. The quantitative estimate of drug-likeness (QED) is 0.574. The average Bonchev–Trinajstić information content (AvgIpc) is 2.34. The van der Waals surface area contributed by atoms with Gasteiger partial charge in [0.2, 0.25) is 0 Å². The number of rotatable bonds is 8. The first-order valence-electron chi connectivity index (χ1n) is 7.56. The van der Waals surface area contributed by atoms with E-state index in [1.165, 1.54) is 38.5 Å². The third kappa shape index (κ3) is 5.11. The van der Waals surface area contributed by atoms with Crippen molar-refractivity contribution in [1.82, 2.24) is 0 Å². The van der Waals surface area contributed by atoms with Gasteiger partial charge in [-0.25, -0.2) is 0 Å². The van der Waals surface area contributed by atoms with Crippen LogP contribution in [0.5, 0.6) is 0 Å². The van der Waals surface area contributed by atoms with Crippen molar-refractivity contribution in [2.75, 3.05) is 0 Å². The predicted molar refractivity (Wildman–Crippen MR) is 86.8 cm³/mol. The van der Waals surface area contributed by atoms with Gasteiger partial charge in [0.25, 0.3) is 0 Å². The van der Waals surface area contributed by atoms with Crippen molar-refractivity contribution in [3.63, 3.8) is 0 Å². The molecule has 1 unspecified atom stereocenters. The normalized spacial score (nSPS) is 11.8. The van der Waals surface area contributed by atoms with E-state index in [1.807, 2.05) is 0 Å². The van der Waals surface area contributed by atoms with Crippen LogP contribution in [0.3, 0.4) is 0 Å². The average molecular weight is 264 g/mol. The van der Waals surface area contributed by atoms with Crippen LogP contribution in [-0.2, 0) is 12.8 Å². The molecule has 1 atom stereocenters. The van der Waals surface area contributed by atoms with E-state index < -0.39 is 0 Å². The molecule has 0 radical (unpaired) electrons. The maximum Gasteiger partial charge on any atom is -0.0234 e. The fourth-order valence-electron chi connectivity index (χ4n) is 2.33. The molecule has 0 nitrogen and oxygen atoms in total. The minimum Gasteiger partial charge on any atom is -0.0875 e. The van der Waals surface area contributed by atoms with Crippen LogP contribution in [0.1, 0.15) is 64.5 Å². The lowest BCUT2D eigenvalue weighted by molar-refractivity contribution is 0.761. The van der Waals surface area contributed by atoms with Crippen LogP contribution < -0.4 is 5.30 Å². The number of unbranched alkanes of at least 4 members (excludes halogenated alkanes) is 2. The molecule has 1 heteroatoms. The van der Waals surface area contributed by atoms with Gasteiger partial charge >= 0.3 is 0 Å². The molecule has 0 N–H and O–H groups in total. The molecular formula is C17H29P. The Bertz CT molecular complexity index is 341. The Morgan fingerprint density at radius 3 is 2.28 bits per heavy atom. The van der Waals surface area contributed by atoms with Crippen molar-refractivity contribution in [2.45, 2.75) is 71.9 Å². The van der Waals surface area contributed by atoms with Crippen molar-refractivity contribution >= 4 is 13.9 Å². The highest BCUT2D eigenvalue weighted by molar-refractivity contribution is 7.48. The first-order chi connectivity index (χ1) is 8.69. The summed E-state index contributed by atoms with van der Waals surface area (Å²) < 4.78 is 0. The molecule has 0 saturated carbocycles. The van der Waals surface area contributed by atoms with Gasteiger partial charge in [-0.2, -0.15) is 0 Å². The third-order valence-electron chi connectivity index (χ3n) is 3.30. The topological polar surface area (TPSA) is 0 Å². The summed E-state index contributed by atoms with van der Waals surface area (Å²) in [6, 6.07) is 6.99. The van der Waals surface area contributed by atoms with E-state index in [2.05, 4.69) is 45.9 Å². The summed E-state index contributed by atoms with van der Waals surface area (Å²) >= 11 is 0. The molecule has 0 fully saturated rings. The van der Waals surface area contributed by atoms with Gasteiger partial charge in [0.15, 0.2) is 0 Å². The maximum absolute atomic E-state index is 2.36. The van der Waals surface area contributed by atoms with Gasteiger partial charge in [0.05, 0.1) is 0 Å². The molecule has 0 aliphatic heterocycles. The number of aryl methyl sites for hydroxylation is 1. The first kappa shape index (κ1) is 15.7. The van der Waals surface area contributed by atoms with Crippen LogP contribution >= 0.6 is 8.58 Å². The van der Waals surface area contributed by atoms with Crippen LogP contribution in [0, 0.1) is 0 Å². The van der Waals surface area contributed by atoms with Crippen LogP contribution in [0.25, 0.3) is 0 Å². The van der Waals surface area contributed by atoms with Crippen LogP contribution in [0.4, 0.5) is 0 Å². The molecule has 102 valence electrons. The second-order valence-electron chi connectivity index (χ2n) is 5.45. The summed E-state index contributed by atoms with van der Waals surface area (Å²) in [7, 11) is 0.972. The largest absolute Gasteiger partial charge is 0.0875 e. The molecule has 1 rings (SSSR count). The van der Waals surface area contributed by atoms with Crippen LogP contribution in [0.2, 0.25) is 0 Å². The SMILES string of the molecule is CCCCc1cccc(PC(C)C)c1CCCC. The molecule has 0 aromatic heterocycles. The molecular weight excluding hydrogens is 235 g/mol. The Hall–Kier alpha value is -0.350. The van der Waals surface area contributed by atoms with Crippen molar-refractivity contribution in [3.8, 4) is 0 Å². The minimum absolute atomic E-state index is 0.784. The van der Waals surface area contributed by atoms with Crippen LogP contribution in [-0.4, -0.2) is 5.66 Å². The zero-order valence-corrected chi connectivity index (χ0v) is 13.6. The molecule has 0 spiro atoms. The Morgan fingerprint density at radius 2 is 1.67 bits per heavy atom. The van der Waals surface area contributed by atoms with E-state index in [9.17, 15) is 0 Å². The Kier molecular flexibility index (Phi) is 7.59. The van der Waals surface area contributed by atoms with Crippen molar-refractivity contribution in [2.24, 2.45) is 0 Å². The van der Waals surface area contributed by atoms with Crippen molar-refractivity contribution in [1.29, 1.82) is 0 Å². The van der Waals surface area contributed by atoms with E-state index in [0.717, 1.165) is 14.2 Å². The zero-order chi connectivity index (χ0) is 13.4.